The number of nitrogen functional groups attached to an aromatic ring is 1. The zero-order valence-corrected chi connectivity index (χ0v) is 8.24. The molecule has 1 aromatic heterocycles. The van der Waals surface area contributed by atoms with Gasteiger partial charge in [-0.25, -0.2) is 5.84 Å². The molecule has 0 saturated heterocycles. The van der Waals surface area contributed by atoms with E-state index in [0.29, 0.717) is 12.4 Å². The normalized spacial score (nSPS) is 10.6. The first-order valence-corrected chi connectivity index (χ1v) is 4.34. The van der Waals surface area contributed by atoms with Gasteiger partial charge in [-0.2, -0.15) is 0 Å². The van der Waals surface area contributed by atoms with Crippen LogP contribution in [0.3, 0.4) is 0 Å². The predicted molar refractivity (Wildman–Crippen MR) is 50.3 cm³/mol. The minimum absolute atomic E-state index is 0.131. The summed E-state index contributed by atoms with van der Waals surface area (Å²) in [5.74, 6) is 5.30. The lowest BCUT2D eigenvalue weighted by Crippen LogP contribution is -2.29. The molecule has 0 aliphatic carbocycles. The maximum Gasteiger partial charge on any atom is 0.300 e. The number of furan rings is 1. The molecule has 1 heterocycles. The van der Waals surface area contributed by atoms with E-state index in [0.717, 1.165) is 0 Å². The van der Waals surface area contributed by atoms with Crippen LogP contribution in [0.5, 0.6) is 0 Å². The Morgan fingerprint density at radius 1 is 1.64 bits per heavy atom. The lowest BCUT2D eigenvalue weighted by atomic mass is 10.4. The van der Waals surface area contributed by atoms with Crippen molar-refractivity contribution in [3.63, 3.8) is 0 Å². The highest BCUT2D eigenvalue weighted by atomic mass is 16.5. The minimum atomic E-state index is -0.444. The van der Waals surface area contributed by atoms with E-state index in [1.54, 1.807) is 12.1 Å². The van der Waals surface area contributed by atoms with Crippen LogP contribution in [0.25, 0.3) is 0 Å². The molecule has 0 atom stereocenters. The number of hydrogen-bond acceptors (Lipinski definition) is 4. The maximum absolute atomic E-state index is 11.0. The molecule has 0 aromatic carbocycles. The largest absolute Gasteiger partial charge is 0.453 e. The average Bonchev–Trinajstić information content (AvgIpc) is 2.62. The second-order valence-corrected chi connectivity index (χ2v) is 3.10. The Bertz CT molecular complexity index is 307. The SMILES string of the molecule is CC(C)OCc1ccc(C(=O)NN)o1. The second kappa shape index (κ2) is 4.78. The minimum Gasteiger partial charge on any atom is -0.453 e. The highest BCUT2D eigenvalue weighted by molar-refractivity contribution is 5.90. The van der Waals surface area contributed by atoms with Gasteiger partial charge in [-0.3, -0.25) is 10.2 Å². The number of nitrogens with two attached hydrogens (primary N) is 1. The summed E-state index contributed by atoms with van der Waals surface area (Å²) in [6.07, 6.45) is 0.131. The van der Waals surface area contributed by atoms with Gasteiger partial charge >= 0.3 is 5.91 Å². The van der Waals surface area contributed by atoms with Gasteiger partial charge in [0, 0.05) is 0 Å². The van der Waals surface area contributed by atoms with Gasteiger partial charge in [0.25, 0.3) is 0 Å². The van der Waals surface area contributed by atoms with Crippen LogP contribution in [0.2, 0.25) is 0 Å². The number of carbonyl (C=O) groups is 1. The van der Waals surface area contributed by atoms with Crippen molar-refractivity contribution in [3.8, 4) is 0 Å². The molecule has 0 aliphatic heterocycles. The molecule has 14 heavy (non-hydrogen) atoms. The Hall–Kier alpha value is -1.33. The predicted octanol–water partition coefficient (Wildman–Crippen LogP) is 0.808. The number of amides is 1. The molecular weight excluding hydrogens is 184 g/mol. The fourth-order valence-corrected chi connectivity index (χ4v) is 0.897. The van der Waals surface area contributed by atoms with Gasteiger partial charge in [-0.15, -0.1) is 0 Å². The first kappa shape index (κ1) is 10.7. The van der Waals surface area contributed by atoms with Crippen LogP contribution in [-0.2, 0) is 11.3 Å². The molecule has 0 aliphatic rings. The molecule has 0 bridgehead atoms. The van der Waals surface area contributed by atoms with Crippen molar-refractivity contribution >= 4 is 5.91 Å². The molecule has 0 spiro atoms. The van der Waals surface area contributed by atoms with Gasteiger partial charge in [0.15, 0.2) is 5.76 Å². The molecule has 0 fully saturated rings. The van der Waals surface area contributed by atoms with Crippen LogP contribution in [0, 0.1) is 0 Å². The standard InChI is InChI=1S/C9H14N2O3/c1-6(2)13-5-7-3-4-8(14-7)9(12)11-10/h3-4,6H,5,10H2,1-2H3,(H,11,12). The molecule has 0 saturated carbocycles. The Morgan fingerprint density at radius 2 is 2.36 bits per heavy atom. The molecule has 0 radical (unpaired) electrons. The van der Waals surface area contributed by atoms with Gasteiger partial charge in [-0.05, 0) is 26.0 Å². The summed E-state index contributed by atoms with van der Waals surface area (Å²) in [7, 11) is 0. The molecule has 3 N–H and O–H groups in total. The number of rotatable bonds is 4. The fourth-order valence-electron chi connectivity index (χ4n) is 0.897. The molecule has 5 heteroatoms. The van der Waals surface area contributed by atoms with Gasteiger partial charge in [0.2, 0.25) is 0 Å². The van der Waals surface area contributed by atoms with Crippen molar-refractivity contribution in [3.05, 3.63) is 23.7 Å². The van der Waals surface area contributed by atoms with Crippen molar-refractivity contribution < 1.29 is 13.9 Å². The molecular formula is C9H14N2O3. The zero-order valence-electron chi connectivity index (χ0n) is 8.24. The lowest BCUT2D eigenvalue weighted by molar-refractivity contribution is 0.0535. The van der Waals surface area contributed by atoms with Crippen LogP contribution in [0.1, 0.15) is 30.2 Å². The van der Waals surface area contributed by atoms with Crippen LogP contribution >= 0.6 is 0 Å². The van der Waals surface area contributed by atoms with Crippen LogP contribution in [0.15, 0.2) is 16.5 Å². The fraction of sp³-hybridized carbons (Fsp3) is 0.444. The number of hydrazine groups is 1. The van der Waals surface area contributed by atoms with E-state index in [1.165, 1.54) is 0 Å². The summed E-state index contributed by atoms with van der Waals surface area (Å²) in [5, 5.41) is 0. The third-order valence-corrected chi connectivity index (χ3v) is 1.58. The van der Waals surface area contributed by atoms with Gasteiger partial charge < -0.3 is 9.15 Å². The highest BCUT2D eigenvalue weighted by Crippen LogP contribution is 2.09. The summed E-state index contributed by atoms with van der Waals surface area (Å²) in [6, 6.07) is 3.24. The van der Waals surface area contributed by atoms with E-state index in [-0.39, 0.29) is 11.9 Å². The van der Waals surface area contributed by atoms with Gasteiger partial charge in [0.1, 0.15) is 12.4 Å². The summed E-state index contributed by atoms with van der Waals surface area (Å²) >= 11 is 0. The topological polar surface area (TPSA) is 77.5 Å². The quantitative estimate of drug-likeness (QED) is 0.426. The highest BCUT2D eigenvalue weighted by Gasteiger charge is 2.09. The van der Waals surface area contributed by atoms with E-state index in [4.69, 9.17) is 15.0 Å². The Labute approximate surface area is 82.2 Å². The molecule has 78 valence electrons. The third-order valence-electron chi connectivity index (χ3n) is 1.58. The van der Waals surface area contributed by atoms with Crippen molar-refractivity contribution in [2.24, 2.45) is 5.84 Å². The van der Waals surface area contributed by atoms with E-state index in [9.17, 15) is 4.79 Å². The van der Waals surface area contributed by atoms with Gasteiger partial charge in [-0.1, -0.05) is 0 Å². The summed E-state index contributed by atoms with van der Waals surface area (Å²) < 4.78 is 10.5. The maximum atomic E-state index is 11.0. The van der Waals surface area contributed by atoms with Gasteiger partial charge in [0.05, 0.1) is 6.10 Å². The Balaban J connectivity index is 2.55. The number of nitrogens with one attached hydrogen (secondary N) is 1. The van der Waals surface area contributed by atoms with Crippen molar-refractivity contribution in [2.45, 2.75) is 26.6 Å². The first-order chi connectivity index (χ1) is 6.63. The lowest BCUT2D eigenvalue weighted by Gasteiger charge is -2.04. The summed E-state index contributed by atoms with van der Waals surface area (Å²) in [5.41, 5.74) is 1.99. The summed E-state index contributed by atoms with van der Waals surface area (Å²) in [6.45, 7) is 4.21. The third kappa shape index (κ3) is 2.86. The van der Waals surface area contributed by atoms with Crippen molar-refractivity contribution in [1.82, 2.24) is 5.43 Å². The van der Waals surface area contributed by atoms with E-state index in [2.05, 4.69) is 0 Å². The van der Waals surface area contributed by atoms with Crippen LogP contribution in [0.4, 0.5) is 0 Å². The smallest absolute Gasteiger partial charge is 0.300 e. The Morgan fingerprint density at radius 3 is 2.93 bits per heavy atom. The van der Waals surface area contributed by atoms with E-state index < -0.39 is 5.91 Å². The number of ether oxygens (including phenoxy) is 1. The van der Waals surface area contributed by atoms with Crippen LogP contribution in [-0.4, -0.2) is 12.0 Å². The monoisotopic (exact) mass is 198 g/mol. The summed E-state index contributed by atoms with van der Waals surface area (Å²) in [4.78, 5) is 11.0. The van der Waals surface area contributed by atoms with Crippen molar-refractivity contribution in [1.29, 1.82) is 0 Å². The van der Waals surface area contributed by atoms with Crippen LogP contribution < -0.4 is 11.3 Å². The molecule has 1 aromatic rings. The molecule has 1 amide bonds. The van der Waals surface area contributed by atoms with E-state index in [1.807, 2.05) is 19.3 Å². The molecule has 0 unspecified atom stereocenters. The zero-order chi connectivity index (χ0) is 10.6. The number of carbonyl (C=O) groups excluding carboxylic acids is 1. The van der Waals surface area contributed by atoms with E-state index >= 15 is 0 Å². The first-order valence-electron chi connectivity index (χ1n) is 4.34. The second-order valence-electron chi connectivity index (χ2n) is 3.10. The Kier molecular flexibility index (Phi) is 3.67. The number of hydrogen-bond donors (Lipinski definition) is 2. The van der Waals surface area contributed by atoms with Crippen molar-refractivity contribution in [2.75, 3.05) is 0 Å². The average molecular weight is 198 g/mol. The molecule has 1 rings (SSSR count). The molecule has 5 nitrogen and oxygen atoms in total.